The average Bonchev–Trinajstić information content (AvgIpc) is 3.15. The highest BCUT2D eigenvalue weighted by atomic mass is 32.2. The number of aromatic nitrogens is 3. The van der Waals surface area contributed by atoms with Crippen molar-refractivity contribution >= 4 is 10.0 Å². The fourth-order valence-corrected chi connectivity index (χ4v) is 3.89. The number of hydrogen-bond donors (Lipinski definition) is 0. The molecule has 25 heavy (non-hydrogen) atoms. The van der Waals surface area contributed by atoms with Crippen LogP contribution in [0.3, 0.4) is 0 Å². The highest BCUT2D eigenvalue weighted by Crippen LogP contribution is 2.27. The summed E-state index contributed by atoms with van der Waals surface area (Å²) in [6.07, 6.45) is 3.01. The molecule has 3 aromatic rings. The highest BCUT2D eigenvalue weighted by molar-refractivity contribution is 7.89. The van der Waals surface area contributed by atoms with E-state index in [1.165, 1.54) is 31.6 Å². The molecular weight excluding hydrogens is 343 g/mol. The highest BCUT2D eigenvalue weighted by Gasteiger charge is 2.28. The van der Waals surface area contributed by atoms with Crippen LogP contribution < -0.4 is 0 Å². The van der Waals surface area contributed by atoms with E-state index >= 15 is 0 Å². The zero-order valence-corrected chi connectivity index (χ0v) is 14.6. The predicted octanol–water partition coefficient (Wildman–Crippen LogP) is 2.79. The first-order valence-corrected chi connectivity index (χ1v) is 9.03. The van der Waals surface area contributed by atoms with E-state index in [-0.39, 0.29) is 4.90 Å². The number of halogens is 1. The summed E-state index contributed by atoms with van der Waals surface area (Å²) in [4.78, 5) is 3.56. The number of nitrogens with zero attached hydrogens (tertiary/aromatic N) is 4. The van der Waals surface area contributed by atoms with Crippen LogP contribution in [0.5, 0.6) is 0 Å². The van der Waals surface area contributed by atoms with Crippen molar-refractivity contribution in [1.29, 1.82) is 0 Å². The first-order chi connectivity index (χ1) is 11.9. The van der Waals surface area contributed by atoms with Crippen LogP contribution in [-0.2, 0) is 10.0 Å². The van der Waals surface area contributed by atoms with Crippen LogP contribution in [0.25, 0.3) is 5.69 Å². The third kappa shape index (κ3) is 3.31. The molecule has 0 aliphatic carbocycles. The van der Waals surface area contributed by atoms with E-state index in [1.807, 2.05) is 24.3 Å². The van der Waals surface area contributed by atoms with Gasteiger partial charge in [-0.05, 0) is 36.8 Å². The Morgan fingerprint density at radius 3 is 2.40 bits per heavy atom. The summed E-state index contributed by atoms with van der Waals surface area (Å²) in [7, 11) is -2.50. The van der Waals surface area contributed by atoms with E-state index in [9.17, 15) is 12.8 Å². The van der Waals surface area contributed by atoms with Crippen LogP contribution in [0.15, 0.2) is 66.1 Å². The molecule has 0 saturated heterocycles. The Kier molecular flexibility index (Phi) is 4.65. The molecule has 8 heteroatoms. The summed E-state index contributed by atoms with van der Waals surface area (Å²) in [6.45, 7) is 1.75. The molecule has 0 N–H and O–H groups in total. The summed E-state index contributed by atoms with van der Waals surface area (Å²) >= 11 is 0. The molecule has 3 rings (SSSR count). The second-order valence-corrected chi connectivity index (χ2v) is 7.53. The lowest BCUT2D eigenvalue weighted by Gasteiger charge is -2.25. The SMILES string of the molecule is CC(c1ccc(-n2cncn2)cc1)N(C)S(=O)(=O)c1ccccc1F. The van der Waals surface area contributed by atoms with Gasteiger partial charge in [0.1, 0.15) is 23.4 Å². The lowest BCUT2D eigenvalue weighted by atomic mass is 10.1. The van der Waals surface area contributed by atoms with E-state index in [0.29, 0.717) is 0 Å². The maximum Gasteiger partial charge on any atom is 0.246 e. The molecule has 1 heterocycles. The first kappa shape index (κ1) is 17.2. The minimum absolute atomic E-state index is 0.330. The molecule has 1 unspecified atom stereocenters. The topological polar surface area (TPSA) is 68.1 Å². The molecule has 0 bridgehead atoms. The zero-order valence-electron chi connectivity index (χ0n) is 13.7. The molecule has 0 amide bonds. The van der Waals surface area contributed by atoms with Gasteiger partial charge in [-0.1, -0.05) is 24.3 Å². The maximum atomic E-state index is 13.9. The van der Waals surface area contributed by atoms with Crippen LogP contribution in [0.1, 0.15) is 18.5 Å². The second-order valence-electron chi connectivity index (χ2n) is 5.56. The Labute approximate surface area is 145 Å². The molecule has 0 spiro atoms. The van der Waals surface area contributed by atoms with Crippen LogP contribution >= 0.6 is 0 Å². The van der Waals surface area contributed by atoms with Gasteiger partial charge in [0.05, 0.1) is 5.69 Å². The van der Waals surface area contributed by atoms with Gasteiger partial charge in [0.15, 0.2) is 0 Å². The first-order valence-electron chi connectivity index (χ1n) is 7.59. The minimum Gasteiger partial charge on any atom is -0.223 e. The molecule has 2 aromatic carbocycles. The van der Waals surface area contributed by atoms with E-state index in [1.54, 1.807) is 17.9 Å². The zero-order chi connectivity index (χ0) is 18.0. The Balaban J connectivity index is 1.87. The summed E-state index contributed by atoms with van der Waals surface area (Å²) in [5.41, 5.74) is 1.60. The number of rotatable bonds is 5. The molecule has 0 saturated carbocycles. The lowest BCUT2D eigenvalue weighted by molar-refractivity contribution is 0.395. The molecule has 130 valence electrons. The normalized spacial score (nSPS) is 13.1. The maximum absolute atomic E-state index is 13.9. The van der Waals surface area contributed by atoms with Gasteiger partial charge in [0.2, 0.25) is 10.0 Å². The van der Waals surface area contributed by atoms with Gasteiger partial charge in [-0.3, -0.25) is 0 Å². The van der Waals surface area contributed by atoms with Crippen LogP contribution in [0.4, 0.5) is 4.39 Å². The van der Waals surface area contributed by atoms with Gasteiger partial charge in [0.25, 0.3) is 0 Å². The van der Waals surface area contributed by atoms with Crippen molar-refractivity contribution in [3.63, 3.8) is 0 Å². The Bertz CT molecular complexity index is 957. The van der Waals surface area contributed by atoms with E-state index in [2.05, 4.69) is 10.1 Å². The summed E-state index contributed by atoms with van der Waals surface area (Å²) < 4.78 is 42.0. The Hall–Kier alpha value is -2.58. The van der Waals surface area contributed by atoms with Gasteiger partial charge in [-0.25, -0.2) is 22.5 Å². The molecule has 1 atom stereocenters. The number of sulfonamides is 1. The largest absolute Gasteiger partial charge is 0.246 e. The third-order valence-electron chi connectivity index (χ3n) is 4.10. The Morgan fingerprint density at radius 1 is 1.12 bits per heavy atom. The fraction of sp³-hybridized carbons (Fsp3) is 0.176. The van der Waals surface area contributed by atoms with Crippen molar-refractivity contribution in [3.8, 4) is 5.69 Å². The molecule has 0 aliphatic heterocycles. The lowest BCUT2D eigenvalue weighted by Crippen LogP contribution is -2.30. The standard InChI is InChI=1S/C17H17FN4O2S/c1-13(14-7-9-15(10-8-14)22-12-19-11-20-22)21(2)25(23,24)17-6-4-3-5-16(17)18/h3-13H,1-2H3. The average molecular weight is 360 g/mol. The van der Waals surface area contributed by atoms with Gasteiger partial charge in [-0.15, -0.1) is 0 Å². The van der Waals surface area contributed by atoms with Crippen LogP contribution in [0, 0.1) is 5.82 Å². The van der Waals surface area contributed by atoms with Gasteiger partial charge < -0.3 is 0 Å². The number of benzene rings is 2. The summed E-state index contributed by atoms with van der Waals surface area (Å²) in [6, 6.07) is 12.2. The second kappa shape index (κ2) is 6.73. The van der Waals surface area contributed by atoms with Crippen molar-refractivity contribution < 1.29 is 12.8 Å². The minimum atomic E-state index is -3.94. The van der Waals surface area contributed by atoms with Crippen molar-refractivity contribution in [2.45, 2.75) is 17.9 Å². The molecule has 0 radical (unpaired) electrons. The van der Waals surface area contributed by atoms with Gasteiger partial charge >= 0.3 is 0 Å². The summed E-state index contributed by atoms with van der Waals surface area (Å²) in [5.74, 6) is -0.761. The molecular formula is C17H17FN4O2S. The predicted molar refractivity (Wildman–Crippen MR) is 91.1 cm³/mol. The number of hydrogen-bond acceptors (Lipinski definition) is 4. The molecule has 6 nitrogen and oxygen atoms in total. The van der Waals surface area contributed by atoms with E-state index < -0.39 is 21.9 Å². The summed E-state index contributed by atoms with van der Waals surface area (Å²) in [5, 5.41) is 4.04. The van der Waals surface area contributed by atoms with Crippen molar-refractivity contribution in [1.82, 2.24) is 19.1 Å². The van der Waals surface area contributed by atoms with Crippen molar-refractivity contribution in [2.24, 2.45) is 0 Å². The van der Waals surface area contributed by atoms with Crippen molar-refractivity contribution in [3.05, 3.63) is 72.6 Å². The van der Waals surface area contributed by atoms with Crippen LogP contribution in [0.2, 0.25) is 0 Å². The van der Waals surface area contributed by atoms with Crippen LogP contribution in [-0.4, -0.2) is 34.5 Å². The van der Waals surface area contributed by atoms with E-state index in [0.717, 1.165) is 21.6 Å². The molecule has 0 fully saturated rings. The fourth-order valence-electron chi connectivity index (χ4n) is 2.47. The quantitative estimate of drug-likeness (QED) is 0.702. The molecule has 1 aromatic heterocycles. The van der Waals surface area contributed by atoms with Gasteiger partial charge in [0, 0.05) is 13.1 Å². The van der Waals surface area contributed by atoms with E-state index in [4.69, 9.17) is 0 Å². The monoisotopic (exact) mass is 360 g/mol. The third-order valence-corrected chi connectivity index (χ3v) is 6.06. The van der Waals surface area contributed by atoms with Crippen molar-refractivity contribution in [2.75, 3.05) is 7.05 Å². The smallest absolute Gasteiger partial charge is 0.223 e. The molecule has 0 aliphatic rings. The van der Waals surface area contributed by atoms with Gasteiger partial charge in [-0.2, -0.15) is 9.40 Å². The Morgan fingerprint density at radius 2 is 1.80 bits per heavy atom.